The molecule has 98 valence electrons. The lowest BCUT2D eigenvalue weighted by molar-refractivity contribution is -0.0478. The average molecular weight is 268 g/mol. The van der Waals surface area contributed by atoms with Crippen LogP contribution in [0.5, 0.6) is 5.75 Å². The van der Waals surface area contributed by atoms with Gasteiger partial charge in [0.25, 0.3) is 0 Å². The van der Waals surface area contributed by atoms with Gasteiger partial charge < -0.3 is 14.8 Å². The van der Waals surface area contributed by atoms with E-state index in [0.29, 0.717) is 5.02 Å². The van der Waals surface area contributed by atoms with Gasteiger partial charge in [0.05, 0.1) is 11.1 Å². The highest BCUT2D eigenvalue weighted by Gasteiger charge is 2.42. The van der Waals surface area contributed by atoms with Crippen LogP contribution < -0.4 is 10.1 Å². The molecule has 2 aliphatic heterocycles. The van der Waals surface area contributed by atoms with Crippen molar-refractivity contribution in [3.05, 3.63) is 28.8 Å². The fraction of sp³-hybridized carbons (Fsp3) is 0.571. The summed E-state index contributed by atoms with van der Waals surface area (Å²) in [4.78, 5) is 0. The molecular weight excluding hydrogens is 250 g/mol. The van der Waals surface area contributed by atoms with Crippen molar-refractivity contribution in [2.45, 2.75) is 31.0 Å². The van der Waals surface area contributed by atoms with Crippen molar-refractivity contribution in [1.82, 2.24) is 5.32 Å². The van der Waals surface area contributed by atoms with Gasteiger partial charge in [0.15, 0.2) is 0 Å². The molecule has 4 heteroatoms. The van der Waals surface area contributed by atoms with E-state index in [-0.39, 0.29) is 11.7 Å². The predicted octanol–water partition coefficient (Wildman–Crippen LogP) is 2.93. The lowest BCUT2D eigenvalue weighted by Gasteiger charge is -2.44. The van der Waals surface area contributed by atoms with Crippen LogP contribution in [0.15, 0.2) is 18.2 Å². The first kappa shape index (κ1) is 12.3. The molecule has 3 nitrogen and oxygen atoms in total. The van der Waals surface area contributed by atoms with Gasteiger partial charge in [-0.05, 0) is 32.0 Å². The molecule has 0 aliphatic carbocycles. The monoisotopic (exact) mass is 267 g/mol. The number of ether oxygens (including phenoxy) is 2. The second-order valence-electron chi connectivity index (χ2n) is 5.12. The maximum Gasteiger partial charge on any atom is 0.144 e. The number of hydrogen-bond acceptors (Lipinski definition) is 3. The standard InChI is InChI=1S/C14H18ClNO2/c1-17-12-9-14(5-7-16-8-6-14)18-13-10(12)3-2-4-11(13)15/h2-4,12,16H,5-9H2,1H3. The molecule has 1 saturated heterocycles. The van der Waals surface area contributed by atoms with Crippen LogP contribution >= 0.6 is 11.6 Å². The Kier molecular flexibility index (Phi) is 3.22. The van der Waals surface area contributed by atoms with Gasteiger partial charge in [-0.1, -0.05) is 23.7 Å². The van der Waals surface area contributed by atoms with Gasteiger partial charge in [0.1, 0.15) is 11.4 Å². The van der Waals surface area contributed by atoms with Crippen molar-refractivity contribution in [3.63, 3.8) is 0 Å². The molecule has 0 bridgehead atoms. The zero-order chi connectivity index (χ0) is 12.6. The summed E-state index contributed by atoms with van der Waals surface area (Å²) in [5.41, 5.74) is 0.971. The van der Waals surface area contributed by atoms with Crippen molar-refractivity contribution in [3.8, 4) is 5.75 Å². The van der Waals surface area contributed by atoms with Crippen LogP contribution in [-0.2, 0) is 4.74 Å². The van der Waals surface area contributed by atoms with E-state index in [1.165, 1.54) is 0 Å². The smallest absolute Gasteiger partial charge is 0.144 e. The molecule has 1 unspecified atom stereocenters. The van der Waals surface area contributed by atoms with Gasteiger partial charge in [-0.15, -0.1) is 0 Å². The van der Waals surface area contributed by atoms with Crippen LogP contribution in [0.1, 0.15) is 30.9 Å². The third kappa shape index (κ3) is 2.00. The highest BCUT2D eigenvalue weighted by Crippen LogP contribution is 2.47. The molecule has 0 aromatic heterocycles. The summed E-state index contributed by atoms with van der Waals surface area (Å²) in [7, 11) is 1.76. The number of para-hydroxylation sites is 1. The first-order chi connectivity index (χ1) is 8.74. The Hall–Kier alpha value is -0.770. The highest BCUT2D eigenvalue weighted by molar-refractivity contribution is 6.32. The number of rotatable bonds is 1. The Morgan fingerprint density at radius 1 is 1.39 bits per heavy atom. The van der Waals surface area contributed by atoms with E-state index in [0.717, 1.165) is 43.7 Å². The largest absolute Gasteiger partial charge is 0.485 e. The Morgan fingerprint density at radius 3 is 2.89 bits per heavy atom. The van der Waals surface area contributed by atoms with E-state index in [1.807, 2.05) is 18.2 Å². The fourth-order valence-electron chi connectivity index (χ4n) is 2.99. The number of hydrogen-bond donors (Lipinski definition) is 1. The van der Waals surface area contributed by atoms with Gasteiger partial charge in [0.2, 0.25) is 0 Å². The molecule has 0 amide bonds. The maximum atomic E-state index is 6.27. The summed E-state index contributed by atoms with van der Waals surface area (Å²) in [5.74, 6) is 0.819. The first-order valence-electron chi connectivity index (χ1n) is 6.45. The van der Waals surface area contributed by atoms with Gasteiger partial charge in [-0.3, -0.25) is 0 Å². The summed E-state index contributed by atoms with van der Waals surface area (Å²) in [6.45, 7) is 1.99. The Bertz CT molecular complexity index is 443. The zero-order valence-electron chi connectivity index (χ0n) is 10.5. The maximum absolute atomic E-state index is 6.27. The SMILES string of the molecule is COC1CC2(CCNCC2)Oc2c(Cl)cccc21. The summed E-state index contributed by atoms with van der Waals surface area (Å²) in [5, 5.41) is 4.06. The minimum absolute atomic E-state index is 0.0885. The van der Waals surface area contributed by atoms with E-state index in [9.17, 15) is 0 Å². The van der Waals surface area contributed by atoms with Crippen LogP contribution in [0.2, 0.25) is 5.02 Å². The number of halogens is 1. The van der Waals surface area contributed by atoms with E-state index >= 15 is 0 Å². The Morgan fingerprint density at radius 2 is 2.17 bits per heavy atom. The van der Waals surface area contributed by atoms with Crippen molar-refractivity contribution in [2.75, 3.05) is 20.2 Å². The lowest BCUT2D eigenvalue weighted by atomic mass is 9.82. The topological polar surface area (TPSA) is 30.5 Å². The fourth-order valence-corrected chi connectivity index (χ4v) is 3.21. The number of nitrogens with one attached hydrogen (secondary N) is 1. The van der Waals surface area contributed by atoms with Crippen LogP contribution in [0.4, 0.5) is 0 Å². The van der Waals surface area contributed by atoms with Crippen LogP contribution in [0.3, 0.4) is 0 Å². The van der Waals surface area contributed by atoms with Gasteiger partial charge in [-0.25, -0.2) is 0 Å². The molecule has 1 atom stereocenters. The first-order valence-corrected chi connectivity index (χ1v) is 6.83. The molecule has 0 saturated carbocycles. The number of piperidine rings is 1. The molecule has 2 aliphatic rings. The van der Waals surface area contributed by atoms with E-state index in [4.69, 9.17) is 21.1 Å². The van der Waals surface area contributed by atoms with Crippen LogP contribution in [-0.4, -0.2) is 25.8 Å². The number of methoxy groups -OCH3 is 1. The Labute approximate surface area is 112 Å². The molecule has 2 heterocycles. The quantitative estimate of drug-likeness (QED) is 0.849. The van der Waals surface area contributed by atoms with Crippen LogP contribution in [0, 0.1) is 0 Å². The van der Waals surface area contributed by atoms with Crippen molar-refractivity contribution in [2.24, 2.45) is 0 Å². The van der Waals surface area contributed by atoms with E-state index in [1.54, 1.807) is 7.11 Å². The molecule has 1 aromatic rings. The summed E-state index contributed by atoms with van der Waals surface area (Å²) in [6.07, 6.45) is 3.03. The summed E-state index contributed by atoms with van der Waals surface area (Å²) >= 11 is 6.27. The molecule has 1 aromatic carbocycles. The van der Waals surface area contributed by atoms with Gasteiger partial charge >= 0.3 is 0 Å². The molecule has 1 N–H and O–H groups in total. The second kappa shape index (κ2) is 4.72. The average Bonchev–Trinajstić information content (AvgIpc) is 2.40. The molecular formula is C14H18ClNO2. The van der Waals surface area contributed by atoms with E-state index < -0.39 is 0 Å². The molecule has 18 heavy (non-hydrogen) atoms. The number of benzene rings is 1. The normalized spacial score (nSPS) is 25.6. The van der Waals surface area contributed by atoms with Crippen LogP contribution in [0.25, 0.3) is 0 Å². The van der Waals surface area contributed by atoms with Crippen molar-refractivity contribution in [1.29, 1.82) is 0 Å². The summed E-state index contributed by atoms with van der Waals surface area (Å²) in [6, 6.07) is 5.88. The molecule has 1 spiro atoms. The Balaban J connectivity index is 2.00. The molecule has 3 rings (SSSR count). The summed E-state index contributed by atoms with van der Waals surface area (Å²) < 4.78 is 11.9. The van der Waals surface area contributed by atoms with E-state index in [2.05, 4.69) is 5.32 Å². The minimum Gasteiger partial charge on any atom is -0.485 e. The molecule has 0 radical (unpaired) electrons. The molecule has 1 fully saturated rings. The van der Waals surface area contributed by atoms with Gasteiger partial charge in [0, 0.05) is 19.1 Å². The second-order valence-corrected chi connectivity index (χ2v) is 5.53. The zero-order valence-corrected chi connectivity index (χ0v) is 11.3. The third-order valence-corrected chi connectivity index (χ3v) is 4.32. The highest BCUT2D eigenvalue weighted by atomic mass is 35.5. The third-order valence-electron chi connectivity index (χ3n) is 4.02. The lowest BCUT2D eigenvalue weighted by Crippen LogP contribution is -2.49. The van der Waals surface area contributed by atoms with Crippen molar-refractivity contribution >= 4 is 11.6 Å². The minimum atomic E-state index is -0.107. The predicted molar refractivity (Wildman–Crippen MR) is 71.3 cm³/mol. The van der Waals surface area contributed by atoms with Crippen molar-refractivity contribution < 1.29 is 9.47 Å². The number of fused-ring (bicyclic) bond motifs is 1. The van der Waals surface area contributed by atoms with Gasteiger partial charge in [-0.2, -0.15) is 0 Å².